The first-order valence-electron chi connectivity index (χ1n) is 9.15. The maximum Gasteiger partial charge on any atom is 0.408 e. The zero-order valence-electron chi connectivity index (χ0n) is 16.3. The summed E-state index contributed by atoms with van der Waals surface area (Å²) in [5, 5.41) is 2.56. The maximum absolute atomic E-state index is 12.4. The standard InChI is InChI=1S/C21H24BrN3O4/c1-14(2)19(24-21(28)29-13-15-6-4-3-5-7-15)20(27)25-23-12-18(26)16-8-10-17(22)11-9-16/h3-11,14,19,23H,12-13H2,1-2H3,(H,24,28)(H,25,27)/t19-/m0/s1. The van der Waals surface area contributed by atoms with E-state index in [0.717, 1.165) is 10.0 Å². The van der Waals surface area contributed by atoms with Gasteiger partial charge in [-0.05, 0) is 23.6 Å². The van der Waals surface area contributed by atoms with Gasteiger partial charge >= 0.3 is 6.09 Å². The minimum Gasteiger partial charge on any atom is -0.445 e. The lowest BCUT2D eigenvalue weighted by Gasteiger charge is -2.21. The van der Waals surface area contributed by atoms with Crippen molar-refractivity contribution in [3.63, 3.8) is 0 Å². The molecule has 7 nitrogen and oxygen atoms in total. The van der Waals surface area contributed by atoms with Gasteiger partial charge in [0.25, 0.3) is 5.91 Å². The molecule has 0 heterocycles. The van der Waals surface area contributed by atoms with Gasteiger partial charge in [0.2, 0.25) is 0 Å². The van der Waals surface area contributed by atoms with Crippen molar-refractivity contribution in [2.24, 2.45) is 5.92 Å². The molecule has 0 aromatic heterocycles. The number of carbonyl (C=O) groups excluding carboxylic acids is 3. The van der Waals surface area contributed by atoms with Crippen molar-refractivity contribution in [1.82, 2.24) is 16.2 Å². The molecule has 2 amide bonds. The number of ether oxygens (including phenoxy) is 1. The Hall–Kier alpha value is -2.71. The van der Waals surface area contributed by atoms with Crippen LogP contribution in [0.1, 0.15) is 29.8 Å². The Morgan fingerprint density at radius 3 is 2.28 bits per heavy atom. The molecule has 0 radical (unpaired) electrons. The molecule has 0 aliphatic heterocycles. The van der Waals surface area contributed by atoms with Gasteiger partial charge in [-0.3, -0.25) is 15.0 Å². The number of carbonyl (C=O) groups is 3. The first kappa shape index (κ1) is 22.6. The van der Waals surface area contributed by atoms with E-state index in [1.54, 1.807) is 38.1 Å². The van der Waals surface area contributed by atoms with Gasteiger partial charge in [-0.25, -0.2) is 10.2 Å². The van der Waals surface area contributed by atoms with Gasteiger partial charge in [-0.1, -0.05) is 72.2 Å². The number of ketones is 1. The van der Waals surface area contributed by atoms with E-state index in [9.17, 15) is 14.4 Å². The van der Waals surface area contributed by atoms with E-state index in [1.807, 2.05) is 30.3 Å². The minimum absolute atomic E-state index is 0.0728. The SMILES string of the molecule is CC(C)[C@H](NC(=O)OCc1ccccc1)C(=O)NNCC(=O)c1ccc(Br)cc1. The molecule has 0 fully saturated rings. The fourth-order valence-corrected chi connectivity index (χ4v) is 2.72. The van der Waals surface area contributed by atoms with Crippen LogP contribution in [0.25, 0.3) is 0 Å². The second kappa shape index (κ2) is 11.3. The van der Waals surface area contributed by atoms with Crippen molar-refractivity contribution < 1.29 is 19.1 Å². The number of amides is 2. The number of rotatable bonds is 9. The van der Waals surface area contributed by atoms with E-state index in [0.29, 0.717) is 5.56 Å². The highest BCUT2D eigenvalue weighted by Crippen LogP contribution is 2.10. The molecule has 0 aliphatic rings. The zero-order valence-corrected chi connectivity index (χ0v) is 17.9. The van der Waals surface area contributed by atoms with Crippen LogP contribution in [0.2, 0.25) is 0 Å². The molecule has 0 saturated heterocycles. The molecule has 0 aliphatic carbocycles. The van der Waals surface area contributed by atoms with Crippen molar-refractivity contribution in [2.45, 2.75) is 26.5 Å². The van der Waals surface area contributed by atoms with E-state index < -0.39 is 18.0 Å². The number of hydrazine groups is 1. The Balaban J connectivity index is 1.79. The third-order valence-electron chi connectivity index (χ3n) is 4.06. The zero-order chi connectivity index (χ0) is 21.2. The van der Waals surface area contributed by atoms with Gasteiger partial charge in [0.05, 0.1) is 6.54 Å². The summed E-state index contributed by atoms with van der Waals surface area (Å²) in [5.74, 6) is -0.808. The lowest BCUT2D eigenvalue weighted by atomic mass is 10.0. The number of benzene rings is 2. The molecule has 154 valence electrons. The Labute approximate surface area is 178 Å². The largest absolute Gasteiger partial charge is 0.445 e. The second-order valence-electron chi connectivity index (χ2n) is 6.70. The molecule has 0 unspecified atom stereocenters. The normalized spacial score (nSPS) is 11.6. The molecule has 8 heteroatoms. The molecule has 2 aromatic carbocycles. The predicted molar refractivity (Wildman–Crippen MR) is 113 cm³/mol. The van der Waals surface area contributed by atoms with Crippen LogP contribution >= 0.6 is 15.9 Å². The van der Waals surface area contributed by atoms with Gasteiger partial charge in [0.15, 0.2) is 5.78 Å². The summed E-state index contributed by atoms with van der Waals surface area (Å²) in [6, 6.07) is 15.4. The van der Waals surface area contributed by atoms with Gasteiger partial charge in [-0.15, -0.1) is 0 Å². The Morgan fingerprint density at radius 2 is 1.66 bits per heavy atom. The fraction of sp³-hybridized carbons (Fsp3) is 0.286. The number of Topliss-reactive ketones (excluding diaryl/α,β-unsaturated/α-hetero) is 1. The van der Waals surface area contributed by atoms with Gasteiger partial charge in [0, 0.05) is 10.0 Å². The summed E-state index contributed by atoms with van der Waals surface area (Å²) in [7, 11) is 0. The number of hydrogen-bond acceptors (Lipinski definition) is 5. The summed E-state index contributed by atoms with van der Waals surface area (Å²) >= 11 is 3.31. The highest BCUT2D eigenvalue weighted by atomic mass is 79.9. The van der Waals surface area contributed by atoms with Crippen LogP contribution < -0.4 is 16.2 Å². The third-order valence-corrected chi connectivity index (χ3v) is 4.59. The highest BCUT2D eigenvalue weighted by Gasteiger charge is 2.25. The fourth-order valence-electron chi connectivity index (χ4n) is 2.45. The number of alkyl carbamates (subject to hydrolysis) is 1. The monoisotopic (exact) mass is 461 g/mol. The first-order valence-corrected chi connectivity index (χ1v) is 9.95. The average molecular weight is 462 g/mol. The van der Waals surface area contributed by atoms with Crippen LogP contribution in [0.4, 0.5) is 4.79 Å². The lowest BCUT2D eigenvalue weighted by Crippen LogP contribution is -2.54. The first-order chi connectivity index (χ1) is 13.9. The van der Waals surface area contributed by atoms with Crippen molar-refractivity contribution in [2.75, 3.05) is 6.54 Å². The van der Waals surface area contributed by atoms with Gasteiger partial charge in [-0.2, -0.15) is 0 Å². The summed E-state index contributed by atoms with van der Waals surface area (Å²) in [6.45, 7) is 3.64. The molecule has 2 aromatic rings. The van der Waals surface area contributed by atoms with Crippen LogP contribution in [-0.2, 0) is 16.1 Å². The van der Waals surface area contributed by atoms with Crippen LogP contribution in [0, 0.1) is 5.92 Å². The van der Waals surface area contributed by atoms with E-state index in [1.165, 1.54) is 0 Å². The van der Waals surface area contributed by atoms with E-state index >= 15 is 0 Å². The topological polar surface area (TPSA) is 96.5 Å². The summed E-state index contributed by atoms with van der Waals surface area (Å²) in [5.41, 5.74) is 6.45. The van der Waals surface area contributed by atoms with E-state index in [2.05, 4.69) is 32.1 Å². The van der Waals surface area contributed by atoms with Crippen molar-refractivity contribution in [3.05, 3.63) is 70.2 Å². The van der Waals surface area contributed by atoms with Crippen LogP contribution in [-0.4, -0.2) is 30.4 Å². The second-order valence-corrected chi connectivity index (χ2v) is 7.62. The molecule has 0 bridgehead atoms. The Kier molecular flexibility index (Phi) is 8.82. The Bertz CT molecular complexity index is 826. The number of halogens is 1. The van der Waals surface area contributed by atoms with Crippen LogP contribution in [0.3, 0.4) is 0 Å². The lowest BCUT2D eigenvalue weighted by molar-refractivity contribution is -0.125. The molecule has 1 atom stereocenters. The molecule has 29 heavy (non-hydrogen) atoms. The van der Waals surface area contributed by atoms with Crippen molar-refractivity contribution in [3.8, 4) is 0 Å². The number of hydrogen-bond donors (Lipinski definition) is 3. The Morgan fingerprint density at radius 1 is 1.00 bits per heavy atom. The van der Waals surface area contributed by atoms with Crippen molar-refractivity contribution >= 4 is 33.7 Å². The third kappa shape index (κ3) is 7.67. The summed E-state index contributed by atoms with van der Waals surface area (Å²) < 4.78 is 6.04. The molecule has 3 N–H and O–H groups in total. The van der Waals surface area contributed by atoms with Crippen molar-refractivity contribution in [1.29, 1.82) is 0 Å². The molecular formula is C21H24BrN3O4. The van der Waals surface area contributed by atoms with Crippen LogP contribution in [0.5, 0.6) is 0 Å². The van der Waals surface area contributed by atoms with E-state index in [4.69, 9.17) is 4.74 Å². The van der Waals surface area contributed by atoms with E-state index in [-0.39, 0.29) is 24.9 Å². The maximum atomic E-state index is 12.4. The quantitative estimate of drug-likeness (QED) is 0.393. The molecule has 0 saturated carbocycles. The minimum atomic E-state index is -0.812. The van der Waals surface area contributed by atoms with Gasteiger partial charge in [0.1, 0.15) is 12.6 Å². The predicted octanol–water partition coefficient (Wildman–Crippen LogP) is 3.20. The summed E-state index contributed by atoms with van der Waals surface area (Å²) in [4.78, 5) is 36.6. The molecule has 2 rings (SSSR count). The molecular weight excluding hydrogens is 438 g/mol. The average Bonchev–Trinajstić information content (AvgIpc) is 2.71. The summed E-state index contributed by atoms with van der Waals surface area (Å²) in [6.07, 6.45) is -0.686. The smallest absolute Gasteiger partial charge is 0.408 e. The molecule has 0 spiro atoms. The highest BCUT2D eigenvalue weighted by molar-refractivity contribution is 9.10. The number of nitrogens with one attached hydrogen (secondary N) is 3. The van der Waals surface area contributed by atoms with Gasteiger partial charge < -0.3 is 10.1 Å². The van der Waals surface area contributed by atoms with Crippen LogP contribution in [0.15, 0.2) is 59.1 Å².